The third kappa shape index (κ3) is 3.57. The minimum Gasteiger partial charge on any atom is -0.495 e. The smallest absolute Gasteiger partial charge is 0.189 e. The molecule has 0 aromatic carbocycles. The molecule has 0 atom stereocenters. The molecule has 5 rings (SSSR count). The molecule has 0 bridgehead atoms. The Bertz CT molecular complexity index is 1050. The van der Waals surface area contributed by atoms with Gasteiger partial charge in [-0.15, -0.1) is 11.3 Å². The SMILES string of the molecule is COc1cncc(-c2cc3c(s2)C2(CCN(c4ccnc(SC)n4)CC2)OCC3)c1. The number of nitrogens with zero attached hydrogens (tertiary/aromatic N) is 4. The van der Waals surface area contributed by atoms with Gasteiger partial charge in [0.05, 0.1) is 19.9 Å². The third-order valence-electron chi connectivity index (χ3n) is 5.90. The lowest BCUT2D eigenvalue weighted by Gasteiger charge is -2.44. The summed E-state index contributed by atoms with van der Waals surface area (Å²) in [5.41, 5.74) is 2.34. The molecule has 0 aliphatic carbocycles. The number of pyridine rings is 1. The van der Waals surface area contributed by atoms with Crippen LogP contribution in [0.4, 0.5) is 5.82 Å². The van der Waals surface area contributed by atoms with Crippen LogP contribution in [0.5, 0.6) is 5.75 Å². The molecule has 2 aliphatic heterocycles. The lowest BCUT2D eigenvalue weighted by atomic mass is 9.85. The summed E-state index contributed by atoms with van der Waals surface area (Å²) >= 11 is 3.42. The summed E-state index contributed by atoms with van der Waals surface area (Å²) in [6, 6.07) is 6.38. The number of thioether (sulfide) groups is 1. The topological polar surface area (TPSA) is 60.4 Å². The van der Waals surface area contributed by atoms with Crippen LogP contribution in [-0.4, -0.2) is 48.0 Å². The van der Waals surface area contributed by atoms with Crippen molar-refractivity contribution in [3.05, 3.63) is 47.2 Å². The summed E-state index contributed by atoms with van der Waals surface area (Å²) in [5.74, 6) is 1.79. The van der Waals surface area contributed by atoms with Crippen LogP contribution < -0.4 is 9.64 Å². The van der Waals surface area contributed by atoms with Gasteiger partial charge in [-0.05, 0) is 49.3 Å². The van der Waals surface area contributed by atoms with E-state index in [0.29, 0.717) is 0 Å². The Labute approximate surface area is 184 Å². The molecule has 1 saturated heterocycles. The Morgan fingerprint density at radius 2 is 2.10 bits per heavy atom. The first-order chi connectivity index (χ1) is 14.7. The zero-order valence-corrected chi connectivity index (χ0v) is 18.8. The number of rotatable bonds is 4. The first kappa shape index (κ1) is 19.8. The summed E-state index contributed by atoms with van der Waals surface area (Å²) in [6.07, 6.45) is 10.4. The van der Waals surface area contributed by atoms with Crippen molar-refractivity contribution in [3.63, 3.8) is 0 Å². The average Bonchev–Trinajstić information content (AvgIpc) is 3.26. The van der Waals surface area contributed by atoms with Gasteiger partial charge in [0.1, 0.15) is 17.2 Å². The second-order valence-electron chi connectivity index (χ2n) is 7.56. The summed E-state index contributed by atoms with van der Waals surface area (Å²) in [7, 11) is 1.68. The number of anilines is 1. The number of aromatic nitrogens is 3. The van der Waals surface area contributed by atoms with Crippen molar-refractivity contribution in [1.29, 1.82) is 0 Å². The minimum atomic E-state index is -0.186. The number of fused-ring (bicyclic) bond motifs is 2. The monoisotopic (exact) mass is 440 g/mol. The highest BCUT2D eigenvalue weighted by Gasteiger charge is 2.42. The molecule has 0 amide bonds. The first-order valence-corrected chi connectivity index (χ1v) is 12.1. The van der Waals surface area contributed by atoms with Crippen LogP contribution in [0.15, 0.2) is 41.9 Å². The number of hydrogen-bond donors (Lipinski definition) is 0. The molecular formula is C22H24N4O2S2. The third-order valence-corrected chi connectivity index (χ3v) is 7.88. The molecule has 3 aromatic heterocycles. The van der Waals surface area contributed by atoms with E-state index in [9.17, 15) is 0 Å². The Balaban J connectivity index is 1.40. The summed E-state index contributed by atoms with van der Waals surface area (Å²) in [5, 5.41) is 0.818. The van der Waals surface area contributed by atoms with E-state index in [1.807, 2.05) is 36.1 Å². The fraction of sp³-hybridized carbons (Fsp3) is 0.409. The largest absolute Gasteiger partial charge is 0.495 e. The maximum atomic E-state index is 6.46. The van der Waals surface area contributed by atoms with Gasteiger partial charge in [-0.2, -0.15) is 0 Å². The zero-order valence-electron chi connectivity index (χ0n) is 17.1. The van der Waals surface area contributed by atoms with Gasteiger partial charge in [0.25, 0.3) is 0 Å². The standard InChI is InChI=1S/C22H24N4O2S2/c1-27-17-11-16(13-23-14-17)18-12-15-4-10-28-22(20(15)30-18)5-8-26(9-6-22)19-3-7-24-21(25-19)29-2/h3,7,11-14H,4-6,8-10H2,1-2H3. The Hall–Kier alpha value is -2.16. The van der Waals surface area contributed by atoms with E-state index < -0.39 is 0 Å². The molecule has 0 unspecified atom stereocenters. The highest BCUT2D eigenvalue weighted by atomic mass is 32.2. The van der Waals surface area contributed by atoms with Gasteiger partial charge in [0, 0.05) is 40.8 Å². The van der Waals surface area contributed by atoms with Crippen molar-refractivity contribution >= 4 is 28.9 Å². The summed E-state index contributed by atoms with van der Waals surface area (Å²) in [4.78, 5) is 18.3. The van der Waals surface area contributed by atoms with Crippen LogP contribution in [0, 0.1) is 0 Å². The lowest BCUT2D eigenvalue weighted by molar-refractivity contribution is -0.0735. The van der Waals surface area contributed by atoms with Crippen LogP contribution >= 0.6 is 23.1 Å². The van der Waals surface area contributed by atoms with E-state index in [1.165, 1.54) is 15.3 Å². The van der Waals surface area contributed by atoms with Gasteiger partial charge in [0.15, 0.2) is 5.16 Å². The molecule has 5 heterocycles. The van der Waals surface area contributed by atoms with Crippen LogP contribution in [0.3, 0.4) is 0 Å². The normalized spacial score (nSPS) is 17.7. The zero-order chi connectivity index (χ0) is 20.6. The summed E-state index contributed by atoms with van der Waals surface area (Å²) in [6.45, 7) is 2.64. The molecular weight excluding hydrogens is 416 g/mol. The van der Waals surface area contributed by atoms with E-state index in [-0.39, 0.29) is 5.60 Å². The van der Waals surface area contributed by atoms with E-state index in [1.54, 1.807) is 25.1 Å². The minimum absolute atomic E-state index is 0.186. The van der Waals surface area contributed by atoms with Crippen molar-refractivity contribution < 1.29 is 9.47 Å². The molecule has 0 radical (unpaired) electrons. The number of methoxy groups -OCH3 is 1. The molecule has 8 heteroatoms. The number of thiophene rings is 1. The highest BCUT2D eigenvalue weighted by molar-refractivity contribution is 7.98. The van der Waals surface area contributed by atoms with Crippen molar-refractivity contribution in [2.45, 2.75) is 30.0 Å². The fourth-order valence-electron chi connectivity index (χ4n) is 4.30. The maximum Gasteiger partial charge on any atom is 0.189 e. The molecule has 3 aromatic rings. The highest BCUT2D eigenvalue weighted by Crippen LogP contribution is 2.48. The van der Waals surface area contributed by atoms with Crippen molar-refractivity contribution in [2.24, 2.45) is 0 Å². The lowest BCUT2D eigenvalue weighted by Crippen LogP contribution is -2.46. The second-order valence-corrected chi connectivity index (χ2v) is 9.39. The fourth-order valence-corrected chi connectivity index (χ4v) is 6.05. The van der Waals surface area contributed by atoms with Gasteiger partial charge >= 0.3 is 0 Å². The van der Waals surface area contributed by atoms with Gasteiger partial charge in [-0.1, -0.05) is 11.8 Å². The van der Waals surface area contributed by atoms with Crippen LogP contribution in [0.25, 0.3) is 10.4 Å². The molecule has 0 saturated carbocycles. The van der Waals surface area contributed by atoms with E-state index in [4.69, 9.17) is 9.47 Å². The van der Waals surface area contributed by atoms with Crippen LogP contribution in [0.1, 0.15) is 23.3 Å². The molecule has 0 N–H and O–H groups in total. The van der Waals surface area contributed by atoms with Gasteiger partial charge in [0.2, 0.25) is 0 Å². The first-order valence-electron chi connectivity index (χ1n) is 10.1. The van der Waals surface area contributed by atoms with Crippen molar-refractivity contribution in [3.8, 4) is 16.2 Å². The molecule has 30 heavy (non-hydrogen) atoms. The van der Waals surface area contributed by atoms with Crippen molar-refractivity contribution in [1.82, 2.24) is 15.0 Å². The number of ether oxygens (including phenoxy) is 2. The molecule has 6 nitrogen and oxygen atoms in total. The van der Waals surface area contributed by atoms with E-state index in [2.05, 4.69) is 32.0 Å². The Morgan fingerprint density at radius 3 is 2.90 bits per heavy atom. The number of piperidine rings is 1. The van der Waals surface area contributed by atoms with Gasteiger partial charge < -0.3 is 14.4 Å². The van der Waals surface area contributed by atoms with Crippen LogP contribution in [-0.2, 0) is 16.8 Å². The summed E-state index contributed by atoms with van der Waals surface area (Å²) < 4.78 is 11.8. The van der Waals surface area contributed by atoms with E-state index in [0.717, 1.165) is 61.2 Å². The number of hydrogen-bond acceptors (Lipinski definition) is 8. The van der Waals surface area contributed by atoms with Crippen molar-refractivity contribution in [2.75, 3.05) is 38.0 Å². The second kappa shape index (κ2) is 8.17. The quantitative estimate of drug-likeness (QED) is 0.440. The molecule has 1 spiro atoms. The Kier molecular flexibility index (Phi) is 5.39. The Morgan fingerprint density at radius 1 is 1.23 bits per heavy atom. The molecule has 2 aliphatic rings. The maximum absolute atomic E-state index is 6.46. The van der Waals surface area contributed by atoms with Gasteiger partial charge in [-0.3, -0.25) is 4.98 Å². The molecule has 156 valence electrons. The van der Waals surface area contributed by atoms with Crippen LogP contribution in [0.2, 0.25) is 0 Å². The average molecular weight is 441 g/mol. The molecule has 1 fully saturated rings. The predicted molar refractivity (Wildman–Crippen MR) is 121 cm³/mol. The predicted octanol–water partition coefficient (Wildman–Crippen LogP) is 4.40. The van der Waals surface area contributed by atoms with Gasteiger partial charge in [-0.25, -0.2) is 9.97 Å². The van der Waals surface area contributed by atoms with E-state index >= 15 is 0 Å².